The molecule has 32 heavy (non-hydrogen) atoms. The topological polar surface area (TPSA) is 73.2 Å². The molecule has 3 aromatic rings. The second-order valence-electron chi connectivity index (χ2n) is 8.43. The lowest BCUT2D eigenvalue weighted by atomic mass is 10.1. The molecule has 0 unspecified atom stereocenters. The summed E-state index contributed by atoms with van der Waals surface area (Å²) in [6, 6.07) is 15.1. The Morgan fingerprint density at radius 1 is 0.938 bits per heavy atom. The van der Waals surface area contributed by atoms with Crippen LogP contribution in [0.1, 0.15) is 24.3 Å². The van der Waals surface area contributed by atoms with Gasteiger partial charge in [0.2, 0.25) is 0 Å². The molecule has 0 aliphatic carbocycles. The minimum absolute atomic E-state index is 0.0665. The fourth-order valence-electron chi connectivity index (χ4n) is 3.71. The molecule has 2 heterocycles. The summed E-state index contributed by atoms with van der Waals surface area (Å²) in [5.41, 5.74) is 2.44. The number of rotatable bonds is 7. The van der Waals surface area contributed by atoms with Gasteiger partial charge in [-0.2, -0.15) is 0 Å². The largest absolute Gasteiger partial charge is 0.497 e. The Kier molecular flexibility index (Phi) is 5.84. The van der Waals surface area contributed by atoms with Gasteiger partial charge in [-0.1, -0.05) is 12.1 Å². The van der Waals surface area contributed by atoms with E-state index < -0.39 is 5.60 Å². The van der Waals surface area contributed by atoms with Crippen LogP contribution in [0.2, 0.25) is 0 Å². The average molecular weight is 437 g/mol. The number of ether oxygens (including phenoxy) is 3. The van der Waals surface area contributed by atoms with Crippen LogP contribution in [0.15, 0.2) is 54.7 Å². The van der Waals surface area contributed by atoms with Crippen LogP contribution in [0.5, 0.6) is 17.2 Å². The van der Waals surface area contributed by atoms with Gasteiger partial charge in [-0.25, -0.2) is 0 Å². The summed E-state index contributed by atoms with van der Waals surface area (Å²) in [5.74, 6) is 1.76. The maximum atomic E-state index is 13.3. The average Bonchev–Trinajstić information content (AvgIpc) is 3.23. The lowest BCUT2D eigenvalue weighted by Gasteiger charge is -2.29. The Bertz CT molecular complexity index is 1110. The summed E-state index contributed by atoms with van der Waals surface area (Å²) in [6.07, 6.45) is 2.01. The Hall–Kier alpha value is -3.45. The molecule has 1 aliphatic heterocycles. The number of carbonyl (C=O) groups excluding carboxylic acids is 1. The van der Waals surface area contributed by atoms with E-state index in [1.807, 2.05) is 47.2 Å². The summed E-state index contributed by atoms with van der Waals surface area (Å²) in [5, 5.41) is 9.91. The fraction of sp³-hybridized carbons (Fsp3) is 0.320. The van der Waals surface area contributed by atoms with Gasteiger partial charge in [-0.15, -0.1) is 0 Å². The number of nitrogens with zero attached hydrogens (tertiary/aromatic N) is 2. The lowest BCUT2D eigenvalue weighted by Crippen LogP contribution is -2.39. The molecule has 2 aromatic carbocycles. The van der Waals surface area contributed by atoms with E-state index in [1.165, 1.54) is 0 Å². The van der Waals surface area contributed by atoms with Crippen molar-refractivity contribution < 1.29 is 24.1 Å². The molecule has 0 fully saturated rings. The summed E-state index contributed by atoms with van der Waals surface area (Å²) >= 11 is 0. The van der Waals surface area contributed by atoms with Crippen LogP contribution in [0.3, 0.4) is 0 Å². The smallest absolute Gasteiger partial charge is 0.274 e. The van der Waals surface area contributed by atoms with Crippen LogP contribution in [-0.2, 0) is 6.54 Å². The van der Waals surface area contributed by atoms with E-state index in [0.29, 0.717) is 30.3 Å². The van der Waals surface area contributed by atoms with E-state index in [4.69, 9.17) is 14.2 Å². The van der Waals surface area contributed by atoms with Crippen LogP contribution < -0.4 is 19.1 Å². The van der Waals surface area contributed by atoms with Crippen molar-refractivity contribution in [3.05, 3.63) is 60.4 Å². The van der Waals surface area contributed by atoms with Gasteiger partial charge in [0, 0.05) is 36.6 Å². The summed E-state index contributed by atoms with van der Waals surface area (Å²) in [4.78, 5) is 15.0. The third-order valence-electron chi connectivity index (χ3n) is 5.39. The molecule has 0 saturated carbocycles. The normalized spacial score (nSPS) is 13.7. The van der Waals surface area contributed by atoms with Crippen LogP contribution in [-0.4, -0.2) is 48.6 Å². The van der Waals surface area contributed by atoms with Crippen LogP contribution >= 0.6 is 0 Å². The number of anilines is 1. The van der Waals surface area contributed by atoms with Crippen LogP contribution in [0.4, 0.5) is 5.69 Å². The van der Waals surface area contributed by atoms with Gasteiger partial charge in [0.25, 0.3) is 5.91 Å². The quantitative estimate of drug-likeness (QED) is 0.607. The number of aromatic nitrogens is 1. The first kappa shape index (κ1) is 21.8. The maximum absolute atomic E-state index is 13.3. The van der Waals surface area contributed by atoms with Gasteiger partial charge in [0.05, 0.1) is 19.8 Å². The standard InChI is InChI=1S/C25H28N2O5/c1-25(2,29)16-32-22-10-7-19(14-23(22)31-4)27-12-11-26-15-18(13-21(26)24(27)28)17-5-8-20(30-3)9-6-17/h5-10,13-15,29H,11-12,16H2,1-4H3. The highest BCUT2D eigenvalue weighted by molar-refractivity contribution is 6.06. The number of benzene rings is 2. The van der Waals surface area contributed by atoms with E-state index in [0.717, 1.165) is 22.6 Å². The van der Waals surface area contributed by atoms with Gasteiger partial charge >= 0.3 is 0 Å². The molecule has 0 spiro atoms. The predicted molar refractivity (Wildman–Crippen MR) is 123 cm³/mol. The Morgan fingerprint density at radius 2 is 1.69 bits per heavy atom. The van der Waals surface area contributed by atoms with Crippen molar-refractivity contribution in [1.82, 2.24) is 4.57 Å². The molecule has 0 radical (unpaired) electrons. The highest BCUT2D eigenvalue weighted by Gasteiger charge is 2.27. The molecule has 1 aliphatic rings. The molecule has 0 saturated heterocycles. The number of hydrogen-bond acceptors (Lipinski definition) is 5. The molecule has 1 aromatic heterocycles. The Morgan fingerprint density at radius 3 is 2.34 bits per heavy atom. The second kappa shape index (κ2) is 8.59. The van der Waals surface area contributed by atoms with Crippen molar-refractivity contribution in [3.8, 4) is 28.4 Å². The SMILES string of the molecule is COc1ccc(-c2cc3n(c2)CCN(c2ccc(OCC(C)(C)O)c(OC)c2)C3=O)cc1. The molecule has 1 amide bonds. The number of methoxy groups -OCH3 is 2. The zero-order valence-electron chi connectivity index (χ0n) is 18.8. The zero-order chi connectivity index (χ0) is 22.9. The summed E-state index contributed by atoms with van der Waals surface area (Å²) in [6.45, 7) is 4.73. The molecule has 7 nitrogen and oxygen atoms in total. The molecule has 168 valence electrons. The molecule has 1 N–H and O–H groups in total. The second-order valence-corrected chi connectivity index (χ2v) is 8.43. The third kappa shape index (κ3) is 4.43. The number of carbonyl (C=O) groups is 1. The summed E-state index contributed by atoms with van der Waals surface area (Å²) in [7, 11) is 3.20. The van der Waals surface area contributed by atoms with E-state index in [1.54, 1.807) is 45.1 Å². The highest BCUT2D eigenvalue weighted by atomic mass is 16.5. The fourth-order valence-corrected chi connectivity index (χ4v) is 3.71. The van der Waals surface area contributed by atoms with Crippen molar-refractivity contribution in [1.29, 1.82) is 0 Å². The van der Waals surface area contributed by atoms with Crippen molar-refractivity contribution in [3.63, 3.8) is 0 Å². The molecule has 0 bridgehead atoms. The molecule has 4 rings (SSSR count). The van der Waals surface area contributed by atoms with Crippen molar-refractivity contribution in [2.24, 2.45) is 0 Å². The molecule has 0 atom stereocenters. The third-order valence-corrected chi connectivity index (χ3v) is 5.39. The first-order chi connectivity index (χ1) is 15.3. The highest BCUT2D eigenvalue weighted by Crippen LogP contribution is 2.34. The van der Waals surface area contributed by atoms with Crippen molar-refractivity contribution in [2.45, 2.75) is 26.0 Å². The van der Waals surface area contributed by atoms with Crippen LogP contribution in [0, 0.1) is 0 Å². The van der Waals surface area contributed by atoms with Gasteiger partial charge in [0.1, 0.15) is 18.1 Å². The first-order valence-corrected chi connectivity index (χ1v) is 10.5. The van der Waals surface area contributed by atoms with Crippen molar-refractivity contribution >= 4 is 11.6 Å². The van der Waals surface area contributed by atoms with Crippen LogP contribution in [0.25, 0.3) is 11.1 Å². The van der Waals surface area contributed by atoms with E-state index in [9.17, 15) is 9.90 Å². The van der Waals surface area contributed by atoms with Crippen molar-refractivity contribution in [2.75, 3.05) is 32.3 Å². The summed E-state index contributed by atoms with van der Waals surface area (Å²) < 4.78 is 18.4. The minimum Gasteiger partial charge on any atom is -0.497 e. The minimum atomic E-state index is -0.959. The van der Waals surface area contributed by atoms with Gasteiger partial charge < -0.3 is 28.8 Å². The number of amides is 1. The number of hydrogen-bond donors (Lipinski definition) is 1. The lowest BCUT2D eigenvalue weighted by molar-refractivity contribution is 0.0276. The monoisotopic (exact) mass is 436 g/mol. The Balaban J connectivity index is 1.57. The van der Waals surface area contributed by atoms with Gasteiger partial charge in [0.15, 0.2) is 11.5 Å². The Labute approximate surface area is 187 Å². The zero-order valence-corrected chi connectivity index (χ0v) is 18.8. The number of aliphatic hydroxyl groups is 1. The molecular formula is C25H28N2O5. The van der Waals surface area contributed by atoms with Gasteiger partial charge in [-0.05, 0) is 49.7 Å². The van der Waals surface area contributed by atoms with E-state index >= 15 is 0 Å². The van der Waals surface area contributed by atoms with E-state index in [-0.39, 0.29) is 12.5 Å². The van der Waals surface area contributed by atoms with E-state index in [2.05, 4.69) is 0 Å². The molecule has 7 heteroatoms. The number of fused-ring (bicyclic) bond motifs is 1. The molecular weight excluding hydrogens is 408 g/mol. The first-order valence-electron chi connectivity index (χ1n) is 10.5. The maximum Gasteiger partial charge on any atom is 0.274 e. The van der Waals surface area contributed by atoms with Gasteiger partial charge in [-0.3, -0.25) is 4.79 Å². The predicted octanol–water partition coefficient (Wildman–Crippen LogP) is 3.98.